The summed E-state index contributed by atoms with van der Waals surface area (Å²) in [5.41, 5.74) is 13.3. The first-order valence-electron chi connectivity index (χ1n) is 21.9. The Morgan fingerprint density at radius 2 is 0.769 bits per heavy atom. The van der Waals surface area contributed by atoms with Gasteiger partial charge in [-0.2, -0.15) is 0 Å². The molecule has 4 nitrogen and oxygen atoms in total. The van der Waals surface area contributed by atoms with Crippen LogP contribution in [0.25, 0.3) is 53.2 Å². The third kappa shape index (κ3) is 7.05. The van der Waals surface area contributed by atoms with Gasteiger partial charge in [0, 0.05) is 71.4 Å². The summed E-state index contributed by atoms with van der Waals surface area (Å²) in [5, 5.41) is 4.59. The van der Waals surface area contributed by atoms with Crippen LogP contribution in [0, 0.1) is 0 Å². The molecule has 0 bridgehead atoms. The first kappa shape index (κ1) is 38.3. The number of benzene rings is 10. The third-order valence-electron chi connectivity index (χ3n) is 12.2. The average molecular weight is 852 g/mol. The van der Waals surface area contributed by atoms with Crippen molar-refractivity contribution in [3.63, 3.8) is 0 Å². The van der Waals surface area contributed by atoms with Crippen molar-refractivity contribution in [2.24, 2.45) is 0 Å². The molecule has 5 heteroatoms. The van der Waals surface area contributed by atoms with E-state index in [0.29, 0.717) is 0 Å². The van der Waals surface area contributed by atoms with Gasteiger partial charge in [-0.1, -0.05) is 140 Å². The molecule has 0 radical (unpaired) electrons. The zero-order valence-corrected chi connectivity index (χ0v) is 36.1. The fourth-order valence-corrected chi connectivity index (χ4v) is 10.4. The van der Waals surface area contributed by atoms with Gasteiger partial charge in [-0.3, -0.25) is 0 Å². The van der Waals surface area contributed by atoms with E-state index in [1.807, 2.05) is 11.3 Å². The van der Waals surface area contributed by atoms with E-state index in [9.17, 15) is 0 Å². The molecule has 12 rings (SSSR count). The molecule has 0 amide bonds. The standard InChI is InChI=1S/C60H41N3OS/c1-6-19-42(20-7-1)43-21-18-30-48(37-43)63(47-28-14-5-15-29-47)55-39-51(62(46-26-12-4-13-27-46)50-33-35-53-52-31-16-17-32-58(52)65-59(53)41-50)40-57-60(55)54-38-49(34-36-56(54)64-57)61(44-22-8-2-9-23-44)45-24-10-3-11-25-45/h1-41H. The highest BCUT2D eigenvalue weighted by Crippen LogP contribution is 2.49. The highest BCUT2D eigenvalue weighted by Gasteiger charge is 2.25. The topological polar surface area (TPSA) is 22.9 Å². The number of hydrogen-bond donors (Lipinski definition) is 0. The SMILES string of the molecule is c1ccc(-c2cccc(N(c3ccccc3)c3cc(N(c4ccccc4)c4ccc5c(c4)sc4ccccc45)cc4oc5ccc(N(c6ccccc6)c6ccccc6)cc5c34)c2)cc1. The smallest absolute Gasteiger partial charge is 0.139 e. The van der Waals surface area contributed by atoms with Crippen LogP contribution >= 0.6 is 11.3 Å². The van der Waals surface area contributed by atoms with Crippen LogP contribution < -0.4 is 14.7 Å². The normalized spacial score (nSPS) is 11.4. The van der Waals surface area contributed by atoms with Gasteiger partial charge in [-0.05, 0) is 114 Å². The van der Waals surface area contributed by atoms with E-state index < -0.39 is 0 Å². The summed E-state index contributed by atoms with van der Waals surface area (Å²) >= 11 is 1.83. The Bertz CT molecular complexity index is 3570. The molecule has 0 aliphatic heterocycles. The average Bonchev–Trinajstić information content (AvgIpc) is 3.94. The van der Waals surface area contributed by atoms with E-state index in [1.54, 1.807) is 0 Å². The van der Waals surface area contributed by atoms with Crippen molar-refractivity contribution >= 4 is 105 Å². The molecule has 10 aromatic carbocycles. The molecular formula is C60H41N3OS. The Balaban J connectivity index is 1.14. The monoisotopic (exact) mass is 851 g/mol. The lowest BCUT2D eigenvalue weighted by molar-refractivity contribution is 0.669. The summed E-state index contributed by atoms with van der Waals surface area (Å²) in [7, 11) is 0. The molecule has 0 saturated heterocycles. The fraction of sp³-hybridized carbons (Fsp3) is 0. The maximum Gasteiger partial charge on any atom is 0.139 e. The Labute approximate surface area is 381 Å². The number of furan rings is 1. The first-order valence-corrected chi connectivity index (χ1v) is 22.7. The Morgan fingerprint density at radius 1 is 0.277 bits per heavy atom. The number of rotatable bonds is 10. The largest absolute Gasteiger partial charge is 0.456 e. The van der Waals surface area contributed by atoms with E-state index in [2.05, 4.69) is 263 Å². The van der Waals surface area contributed by atoms with E-state index in [4.69, 9.17) is 4.42 Å². The van der Waals surface area contributed by atoms with Crippen LogP contribution in [0.2, 0.25) is 0 Å². The lowest BCUT2D eigenvalue weighted by atomic mass is 10.0. The van der Waals surface area contributed by atoms with Gasteiger partial charge in [0.2, 0.25) is 0 Å². The van der Waals surface area contributed by atoms with Gasteiger partial charge in [-0.15, -0.1) is 11.3 Å². The molecule has 0 atom stereocenters. The Morgan fingerprint density at radius 3 is 1.43 bits per heavy atom. The highest BCUT2D eigenvalue weighted by molar-refractivity contribution is 7.25. The lowest BCUT2D eigenvalue weighted by Crippen LogP contribution is -2.13. The van der Waals surface area contributed by atoms with Gasteiger partial charge in [-0.25, -0.2) is 0 Å². The summed E-state index contributed by atoms with van der Waals surface area (Å²) < 4.78 is 9.58. The lowest BCUT2D eigenvalue weighted by Gasteiger charge is -2.30. The van der Waals surface area contributed by atoms with Crippen LogP contribution in [0.3, 0.4) is 0 Å². The van der Waals surface area contributed by atoms with Crippen molar-refractivity contribution in [1.82, 2.24) is 0 Å². The quantitative estimate of drug-likeness (QED) is 0.137. The van der Waals surface area contributed by atoms with Gasteiger partial charge in [0.15, 0.2) is 0 Å². The Hall–Kier alpha value is -8.38. The third-order valence-corrected chi connectivity index (χ3v) is 13.3. The van der Waals surface area contributed by atoms with Crippen LogP contribution in [0.1, 0.15) is 0 Å². The van der Waals surface area contributed by atoms with Crippen molar-refractivity contribution in [3.05, 3.63) is 249 Å². The van der Waals surface area contributed by atoms with Crippen molar-refractivity contribution < 1.29 is 4.42 Å². The van der Waals surface area contributed by atoms with E-state index in [0.717, 1.165) is 84.3 Å². The van der Waals surface area contributed by atoms with Crippen LogP contribution in [0.5, 0.6) is 0 Å². The summed E-state index contributed by atoms with van der Waals surface area (Å²) in [6.07, 6.45) is 0. The summed E-state index contributed by atoms with van der Waals surface area (Å²) in [4.78, 5) is 7.07. The molecule has 0 aliphatic carbocycles. The van der Waals surface area contributed by atoms with Crippen LogP contribution in [-0.2, 0) is 0 Å². The molecule has 0 aliphatic rings. The molecule has 0 N–H and O–H groups in total. The highest BCUT2D eigenvalue weighted by atomic mass is 32.1. The minimum atomic E-state index is 0.791. The van der Waals surface area contributed by atoms with Gasteiger partial charge < -0.3 is 19.1 Å². The van der Waals surface area contributed by atoms with E-state index in [-0.39, 0.29) is 0 Å². The summed E-state index contributed by atoms with van der Waals surface area (Å²) in [6, 6.07) is 88.7. The van der Waals surface area contributed by atoms with Crippen LogP contribution in [-0.4, -0.2) is 0 Å². The predicted octanol–water partition coefficient (Wildman–Crippen LogP) is 18.0. The van der Waals surface area contributed by atoms with Crippen molar-refractivity contribution in [2.75, 3.05) is 14.7 Å². The van der Waals surface area contributed by atoms with E-state index >= 15 is 0 Å². The maximum atomic E-state index is 7.06. The molecule has 0 fully saturated rings. The molecule has 2 aromatic heterocycles. The predicted molar refractivity (Wildman–Crippen MR) is 276 cm³/mol. The van der Waals surface area contributed by atoms with Crippen molar-refractivity contribution in [2.45, 2.75) is 0 Å². The molecule has 0 spiro atoms. The number of anilines is 9. The molecule has 65 heavy (non-hydrogen) atoms. The number of fused-ring (bicyclic) bond motifs is 6. The summed E-state index contributed by atoms with van der Waals surface area (Å²) in [6.45, 7) is 0. The van der Waals surface area contributed by atoms with Crippen molar-refractivity contribution in [1.29, 1.82) is 0 Å². The maximum absolute atomic E-state index is 7.06. The molecule has 2 heterocycles. The molecule has 12 aromatic rings. The van der Waals surface area contributed by atoms with Gasteiger partial charge in [0.25, 0.3) is 0 Å². The molecule has 0 saturated carbocycles. The second kappa shape index (κ2) is 16.4. The van der Waals surface area contributed by atoms with Crippen LogP contribution in [0.4, 0.5) is 51.2 Å². The Kier molecular flexibility index (Phi) is 9.66. The van der Waals surface area contributed by atoms with E-state index in [1.165, 1.54) is 20.2 Å². The number of nitrogens with zero attached hydrogens (tertiary/aromatic N) is 3. The second-order valence-electron chi connectivity index (χ2n) is 16.2. The molecular weight excluding hydrogens is 811 g/mol. The number of hydrogen-bond acceptors (Lipinski definition) is 5. The fourth-order valence-electron chi connectivity index (χ4n) is 9.24. The van der Waals surface area contributed by atoms with Crippen LogP contribution in [0.15, 0.2) is 253 Å². The second-order valence-corrected chi connectivity index (χ2v) is 17.2. The number of thiophene rings is 1. The van der Waals surface area contributed by atoms with Gasteiger partial charge in [0.1, 0.15) is 11.2 Å². The summed E-state index contributed by atoms with van der Waals surface area (Å²) in [5.74, 6) is 0. The minimum absolute atomic E-state index is 0.791. The van der Waals surface area contributed by atoms with Gasteiger partial charge in [0.05, 0.1) is 16.8 Å². The number of para-hydroxylation sites is 4. The zero-order chi connectivity index (χ0) is 43.1. The minimum Gasteiger partial charge on any atom is -0.456 e. The zero-order valence-electron chi connectivity index (χ0n) is 35.3. The molecule has 308 valence electrons. The van der Waals surface area contributed by atoms with Crippen molar-refractivity contribution in [3.8, 4) is 11.1 Å². The first-order chi connectivity index (χ1) is 32.2. The van der Waals surface area contributed by atoms with Gasteiger partial charge >= 0.3 is 0 Å². The molecule has 0 unspecified atom stereocenters.